The maximum atomic E-state index is 12.9. The Labute approximate surface area is 221 Å². The zero-order valence-electron chi connectivity index (χ0n) is 20.9. The molecule has 1 aromatic heterocycles. The molecule has 0 radical (unpaired) electrons. The number of para-hydroxylation sites is 3. The predicted octanol–water partition coefficient (Wildman–Crippen LogP) is 4.98. The fraction of sp³-hybridized carbons (Fsp3) is 0.241. The molecule has 8 heteroatoms. The van der Waals surface area contributed by atoms with Crippen molar-refractivity contribution in [3.8, 4) is 11.5 Å². The Bertz CT molecular complexity index is 1370. The lowest BCUT2D eigenvalue weighted by Crippen LogP contribution is -2.47. The van der Waals surface area contributed by atoms with Crippen LogP contribution in [0.3, 0.4) is 0 Å². The van der Waals surface area contributed by atoms with Crippen LogP contribution in [0.4, 0.5) is 0 Å². The summed E-state index contributed by atoms with van der Waals surface area (Å²) < 4.78 is 11.1. The number of halogens is 1. The van der Waals surface area contributed by atoms with Crippen molar-refractivity contribution in [2.24, 2.45) is 0 Å². The summed E-state index contributed by atoms with van der Waals surface area (Å²) in [5, 5.41) is 4.58. The van der Waals surface area contributed by atoms with Crippen molar-refractivity contribution in [2.75, 3.05) is 20.3 Å². The number of methoxy groups -OCH3 is 1. The van der Waals surface area contributed by atoms with E-state index in [9.17, 15) is 9.59 Å². The second kappa shape index (κ2) is 12.3. The fourth-order valence-corrected chi connectivity index (χ4v) is 4.50. The van der Waals surface area contributed by atoms with Gasteiger partial charge in [-0.15, -0.1) is 0 Å². The lowest BCUT2D eigenvalue weighted by molar-refractivity contribution is -0.131. The highest BCUT2D eigenvalue weighted by Gasteiger charge is 2.22. The summed E-state index contributed by atoms with van der Waals surface area (Å²) in [6.45, 7) is 2.00. The smallest absolute Gasteiger partial charge is 0.258 e. The molecule has 2 N–H and O–H groups in total. The average molecular weight is 520 g/mol. The molecule has 0 aliphatic heterocycles. The Kier molecular flexibility index (Phi) is 8.69. The van der Waals surface area contributed by atoms with Gasteiger partial charge in [-0.25, -0.2) is 0 Å². The zero-order valence-corrected chi connectivity index (χ0v) is 21.6. The lowest BCUT2D eigenvalue weighted by atomic mass is 10.0. The maximum absolute atomic E-state index is 12.9. The Morgan fingerprint density at radius 2 is 1.68 bits per heavy atom. The van der Waals surface area contributed by atoms with E-state index in [2.05, 4.69) is 10.3 Å². The molecule has 0 aliphatic rings. The third-order valence-corrected chi connectivity index (χ3v) is 6.45. The number of hydrogen-bond acceptors (Lipinski definition) is 4. The van der Waals surface area contributed by atoms with Crippen LogP contribution < -0.4 is 14.8 Å². The second-order valence-electron chi connectivity index (χ2n) is 8.76. The first-order valence-corrected chi connectivity index (χ1v) is 12.4. The van der Waals surface area contributed by atoms with Crippen LogP contribution in [0.5, 0.6) is 11.5 Å². The van der Waals surface area contributed by atoms with Gasteiger partial charge >= 0.3 is 0 Å². The number of hydrogen-bond donors (Lipinski definition) is 2. The predicted molar refractivity (Wildman–Crippen MR) is 145 cm³/mol. The molecule has 0 spiro atoms. The van der Waals surface area contributed by atoms with Crippen molar-refractivity contribution in [3.05, 3.63) is 95.1 Å². The molecule has 0 bridgehead atoms. The molecular weight excluding hydrogens is 490 g/mol. The van der Waals surface area contributed by atoms with Crippen LogP contribution >= 0.6 is 11.6 Å². The SMILES string of the molecule is COc1ccccc1CN(CC(Cc1c[nH]c2ccccc12)NC(=O)COc1ccccc1Cl)C(C)=O. The summed E-state index contributed by atoms with van der Waals surface area (Å²) in [6.07, 6.45) is 2.47. The van der Waals surface area contributed by atoms with Gasteiger partial charge < -0.3 is 24.7 Å². The molecule has 4 rings (SSSR count). The van der Waals surface area contributed by atoms with Crippen LogP contribution in [0.2, 0.25) is 5.02 Å². The van der Waals surface area contributed by atoms with E-state index in [0.29, 0.717) is 36.0 Å². The van der Waals surface area contributed by atoms with Gasteiger partial charge in [-0.05, 0) is 36.2 Å². The van der Waals surface area contributed by atoms with Gasteiger partial charge in [0.1, 0.15) is 11.5 Å². The number of nitrogens with zero attached hydrogens (tertiary/aromatic N) is 1. The van der Waals surface area contributed by atoms with E-state index in [4.69, 9.17) is 21.1 Å². The molecule has 37 heavy (non-hydrogen) atoms. The molecule has 0 aliphatic carbocycles. The molecule has 1 unspecified atom stereocenters. The summed E-state index contributed by atoms with van der Waals surface area (Å²) in [6, 6.07) is 22.2. The van der Waals surface area contributed by atoms with E-state index in [1.165, 1.54) is 6.92 Å². The van der Waals surface area contributed by atoms with E-state index in [0.717, 1.165) is 22.0 Å². The number of carbonyl (C=O) groups excluding carboxylic acids is 2. The van der Waals surface area contributed by atoms with Crippen LogP contribution in [0, 0.1) is 0 Å². The maximum Gasteiger partial charge on any atom is 0.258 e. The second-order valence-corrected chi connectivity index (χ2v) is 9.17. The summed E-state index contributed by atoms with van der Waals surface area (Å²) in [4.78, 5) is 30.6. The minimum Gasteiger partial charge on any atom is -0.496 e. The molecule has 1 atom stereocenters. The van der Waals surface area contributed by atoms with Crippen LogP contribution in [-0.4, -0.2) is 48.0 Å². The van der Waals surface area contributed by atoms with Crippen molar-refractivity contribution in [3.63, 3.8) is 0 Å². The first-order valence-electron chi connectivity index (χ1n) is 12.0. The normalized spacial score (nSPS) is 11.6. The number of amides is 2. The van der Waals surface area contributed by atoms with E-state index in [-0.39, 0.29) is 24.5 Å². The number of fused-ring (bicyclic) bond motifs is 1. The van der Waals surface area contributed by atoms with Gasteiger partial charge in [0.25, 0.3) is 5.91 Å². The van der Waals surface area contributed by atoms with Gasteiger partial charge in [0.15, 0.2) is 6.61 Å². The first kappa shape index (κ1) is 26.1. The first-order chi connectivity index (χ1) is 17.9. The van der Waals surface area contributed by atoms with E-state index in [1.807, 2.05) is 54.7 Å². The molecule has 4 aromatic rings. The molecule has 192 valence electrons. The van der Waals surface area contributed by atoms with Crippen LogP contribution in [-0.2, 0) is 22.6 Å². The highest BCUT2D eigenvalue weighted by atomic mass is 35.5. The van der Waals surface area contributed by atoms with Gasteiger partial charge in [0.2, 0.25) is 5.91 Å². The molecule has 2 amide bonds. The van der Waals surface area contributed by atoms with Gasteiger partial charge in [-0.2, -0.15) is 0 Å². The minimum absolute atomic E-state index is 0.101. The number of ether oxygens (including phenoxy) is 2. The van der Waals surface area contributed by atoms with E-state index in [1.54, 1.807) is 36.3 Å². The molecule has 1 heterocycles. The van der Waals surface area contributed by atoms with Crippen LogP contribution in [0.15, 0.2) is 79.0 Å². The van der Waals surface area contributed by atoms with Gasteiger partial charge in [-0.3, -0.25) is 9.59 Å². The number of H-pyrrole nitrogens is 1. The summed E-state index contributed by atoms with van der Waals surface area (Å²) in [5.74, 6) is 0.745. The molecule has 3 aromatic carbocycles. The largest absolute Gasteiger partial charge is 0.496 e. The Balaban J connectivity index is 1.53. The third kappa shape index (κ3) is 6.83. The number of aromatic nitrogens is 1. The number of carbonyl (C=O) groups is 2. The molecule has 0 saturated carbocycles. The highest BCUT2D eigenvalue weighted by Crippen LogP contribution is 2.24. The molecule has 0 saturated heterocycles. The Morgan fingerprint density at radius 3 is 2.43 bits per heavy atom. The van der Waals surface area contributed by atoms with Gasteiger partial charge in [0, 0.05) is 42.7 Å². The van der Waals surface area contributed by atoms with E-state index >= 15 is 0 Å². The standard InChI is InChI=1S/C29H30ClN3O4/c1-20(34)33(17-21-9-3-7-13-27(21)36-2)18-23(15-22-16-31-26-12-6-4-10-24(22)26)32-29(35)19-37-28-14-8-5-11-25(28)30/h3-14,16,23,31H,15,17-19H2,1-2H3,(H,32,35). The van der Waals surface area contributed by atoms with Crippen molar-refractivity contribution >= 4 is 34.3 Å². The van der Waals surface area contributed by atoms with Crippen molar-refractivity contribution in [2.45, 2.75) is 25.9 Å². The fourth-order valence-electron chi connectivity index (χ4n) is 4.31. The van der Waals surface area contributed by atoms with Crippen molar-refractivity contribution in [1.29, 1.82) is 0 Å². The molecule has 0 fully saturated rings. The minimum atomic E-state index is -0.361. The number of rotatable bonds is 11. The van der Waals surface area contributed by atoms with E-state index < -0.39 is 0 Å². The number of benzene rings is 3. The third-order valence-electron chi connectivity index (χ3n) is 6.14. The zero-order chi connectivity index (χ0) is 26.2. The van der Waals surface area contributed by atoms with Gasteiger partial charge in [0.05, 0.1) is 18.2 Å². The topological polar surface area (TPSA) is 83.7 Å². The quantitative estimate of drug-likeness (QED) is 0.292. The summed E-state index contributed by atoms with van der Waals surface area (Å²) in [5.41, 5.74) is 2.95. The number of aromatic amines is 1. The molecular formula is C29H30ClN3O4. The summed E-state index contributed by atoms with van der Waals surface area (Å²) >= 11 is 6.15. The van der Waals surface area contributed by atoms with Crippen molar-refractivity contribution in [1.82, 2.24) is 15.2 Å². The number of nitrogens with one attached hydrogen (secondary N) is 2. The van der Waals surface area contributed by atoms with Crippen LogP contribution in [0.1, 0.15) is 18.1 Å². The average Bonchev–Trinajstić information content (AvgIpc) is 3.30. The lowest BCUT2D eigenvalue weighted by Gasteiger charge is -2.28. The van der Waals surface area contributed by atoms with Crippen LogP contribution in [0.25, 0.3) is 10.9 Å². The summed E-state index contributed by atoms with van der Waals surface area (Å²) in [7, 11) is 1.61. The monoisotopic (exact) mass is 519 g/mol. The molecule has 7 nitrogen and oxygen atoms in total. The van der Waals surface area contributed by atoms with Crippen molar-refractivity contribution < 1.29 is 19.1 Å². The Morgan fingerprint density at radius 1 is 0.973 bits per heavy atom. The highest BCUT2D eigenvalue weighted by molar-refractivity contribution is 6.32. The van der Waals surface area contributed by atoms with Gasteiger partial charge in [-0.1, -0.05) is 60.1 Å². The Hall–Kier alpha value is -3.97.